The number of carbonyl (C=O) groups is 1. The van der Waals surface area contributed by atoms with E-state index in [2.05, 4.69) is 0 Å². The van der Waals surface area contributed by atoms with E-state index < -0.39 is 0 Å². The lowest BCUT2D eigenvalue weighted by atomic mass is 10.1. The Labute approximate surface area is 208 Å². The molecule has 0 radical (unpaired) electrons. The Hall–Kier alpha value is -3.16. The number of thioether (sulfide) groups is 1. The lowest BCUT2D eigenvalue weighted by Gasteiger charge is -2.14. The molecule has 0 bridgehead atoms. The second kappa shape index (κ2) is 10.8. The first kappa shape index (κ1) is 24.0. The van der Waals surface area contributed by atoms with Crippen molar-refractivity contribution in [1.82, 2.24) is 4.90 Å². The highest BCUT2D eigenvalue weighted by atomic mass is 32.2. The van der Waals surface area contributed by atoms with E-state index in [0.717, 1.165) is 11.1 Å². The van der Waals surface area contributed by atoms with Gasteiger partial charge in [-0.1, -0.05) is 78.1 Å². The van der Waals surface area contributed by atoms with Gasteiger partial charge >= 0.3 is 0 Å². The average Bonchev–Trinajstić information content (AvgIpc) is 3.08. The standard InChI is InChI=1S/C27H24FNO3S2/c1-3-31-24-14-20(12-13-23(24)32-17-21-6-4-5-7-22(21)28)15-25-26(30)29(27(33)34-25)16-19-10-8-18(2)9-11-19/h4-15H,3,16-17H2,1-2H3/b25-15-. The highest BCUT2D eigenvalue weighted by Crippen LogP contribution is 2.36. The predicted octanol–water partition coefficient (Wildman–Crippen LogP) is 6.51. The van der Waals surface area contributed by atoms with Crippen molar-refractivity contribution in [1.29, 1.82) is 0 Å². The third kappa shape index (κ3) is 5.66. The Morgan fingerprint density at radius 1 is 1.03 bits per heavy atom. The highest BCUT2D eigenvalue weighted by molar-refractivity contribution is 8.26. The van der Waals surface area contributed by atoms with Gasteiger partial charge < -0.3 is 9.47 Å². The number of carbonyl (C=O) groups excluding carboxylic acids is 1. The van der Waals surface area contributed by atoms with Gasteiger partial charge in [0.1, 0.15) is 16.7 Å². The number of nitrogens with zero attached hydrogens (tertiary/aromatic N) is 1. The third-order valence-corrected chi connectivity index (χ3v) is 6.62. The van der Waals surface area contributed by atoms with Crippen molar-refractivity contribution in [2.24, 2.45) is 0 Å². The number of amides is 1. The van der Waals surface area contributed by atoms with Crippen LogP contribution >= 0.6 is 24.0 Å². The summed E-state index contributed by atoms with van der Waals surface area (Å²) in [7, 11) is 0. The smallest absolute Gasteiger partial charge is 0.266 e. The Morgan fingerprint density at radius 2 is 1.79 bits per heavy atom. The van der Waals surface area contributed by atoms with Crippen molar-refractivity contribution in [2.45, 2.75) is 27.0 Å². The van der Waals surface area contributed by atoms with Crippen LogP contribution < -0.4 is 9.47 Å². The molecule has 1 aliphatic rings. The van der Waals surface area contributed by atoms with Gasteiger partial charge in [0.25, 0.3) is 5.91 Å². The van der Waals surface area contributed by atoms with E-state index in [-0.39, 0.29) is 18.3 Å². The van der Waals surface area contributed by atoms with Crippen molar-refractivity contribution in [3.8, 4) is 11.5 Å². The van der Waals surface area contributed by atoms with Crippen molar-refractivity contribution < 1.29 is 18.7 Å². The predicted molar refractivity (Wildman–Crippen MR) is 138 cm³/mol. The summed E-state index contributed by atoms with van der Waals surface area (Å²) in [6.07, 6.45) is 1.80. The molecule has 4 rings (SSSR count). The molecule has 1 heterocycles. The summed E-state index contributed by atoms with van der Waals surface area (Å²) < 4.78 is 26.0. The lowest BCUT2D eigenvalue weighted by Crippen LogP contribution is -2.27. The molecule has 0 saturated carbocycles. The summed E-state index contributed by atoms with van der Waals surface area (Å²) in [6, 6.07) is 20.0. The Balaban J connectivity index is 1.51. The molecule has 0 unspecified atom stereocenters. The molecule has 0 spiro atoms. The van der Waals surface area contributed by atoms with E-state index in [9.17, 15) is 9.18 Å². The average molecular weight is 494 g/mol. The largest absolute Gasteiger partial charge is 0.490 e. The molecule has 1 amide bonds. The fourth-order valence-electron chi connectivity index (χ4n) is 3.44. The van der Waals surface area contributed by atoms with Gasteiger partial charge in [-0.15, -0.1) is 0 Å². The first-order valence-corrected chi connectivity index (χ1v) is 12.1. The zero-order chi connectivity index (χ0) is 24.1. The minimum absolute atomic E-state index is 0.0871. The molecule has 1 saturated heterocycles. The van der Waals surface area contributed by atoms with Gasteiger partial charge in [0.15, 0.2) is 11.5 Å². The summed E-state index contributed by atoms with van der Waals surface area (Å²) in [5.41, 5.74) is 3.45. The number of benzene rings is 3. The second-order valence-electron chi connectivity index (χ2n) is 7.77. The van der Waals surface area contributed by atoms with Crippen LogP contribution in [0, 0.1) is 12.7 Å². The van der Waals surface area contributed by atoms with E-state index in [1.807, 2.05) is 50.2 Å². The van der Waals surface area contributed by atoms with Crippen LogP contribution in [0.5, 0.6) is 11.5 Å². The number of halogens is 1. The van der Waals surface area contributed by atoms with Crippen LogP contribution in [0.15, 0.2) is 71.6 Å². The summed E-state index contributed by atoms with van der Waals surface area (Å²) >= 11 is 6.75. The summed E-state index contributed by atoms with van der Waals surface area (Å²) in [6.45, 7) is 4.87. The topological polar surface area (TPSA) is 38.8 Å². The van der Waals surface area contributed by atoms with Crippen LogP contribution in [0.4, 0.5) is 4.39 Å². The number of rotatable bonds is 8. The molecule has 0 N–H and O–H groups in total. The van der Waals surface area contributed by atoms with Gasteiger partial charge in [-0.2, -0.15) is 0 Å². The molecule has 34 heavy (non-hydrogen) atoms. The number of aryl methyl sites for hydroxylation is 1. The van der Waals surface area contributed by atoms with Crippen LogP contribution in [0.3, 0.4) is 0 Å². The van der Waals surface area contributed by atoms with Crippen molar-refractivity contribution in [3.05, 3.63) is 99.7 Å². The monoisotopic (exact) mass is 493 g/mol. The normalized spacial score (nSPS) is 14.7. The lowest BCUT2D eigenvalue weighted by molar-refractivity contribution is -0.122. The maximum atomic E-state index is 13.9. The first-order valence-electron chi connectivity index (χ1n) is 10.9. The van der Waals surface area contributed by atoms with Gasteiger partial charge in [-0.3, -0.25) is 9.69 Å². The zero-order valence-electron chi connectivity index (χ0n) is 18.9. The molecular formula is C27H24FNO3S2. The molecule has 174 valence electrons. The molecule has 1 aliphatic heterocycles. The van der Waals surface area contributed by atoms with Crippen LogP contribution in [-0.4, -0.2) is 21.7 Å². The first-order chi connectivity index (χ1) is 16.4. The van der Waals surface area contributed by atoms with Gasteiger partial charge in [-0.25, -0.2) is 4.39 Å². The molecule has 7 heteroatoms. The minimum Gasteiger partial charge on any atom is -0.490 e. The van der Waals surface area contributed by atoms with Gasteiger partial charge in [-0.05, 0) is 49.2 Å². The fraction of sp³-hybridized carbons (Fsp3) is 0.185. The minimum atomic E-state index is -0.315. The van der Waals surface area contributed by atoms with E-state index in [1.54, 1.807) is 35.2 Å². The quantitative estimate of drug-likeness (QED) is 0.264. The molecule has 3 aromatic rings. The fourth-order valence-corrected chi connectivity index (χ4v) is 4.69. The third-order valence-electron chi connectivity index (χ3n) is 5.24. The van der Waals surface area contributed by atoms with Gasteiger partial charge in [0.2, 0.25) is 0 Å². The second-order valence-corrected chi connectivity index (χ2v) is 9.45. The molecular weight excluding hydrogens is 469 g/mol. The van der Waals surface area contributed by atoms with Gasteiger partial charge in [0.05, 0.1) is 18.1 Å². The number of thiocarbonyl (C=S) groups is 1. The van der Waals surface area contributed by atoms with Crippen molar-refractivity contribution in [3.63, 3.8) is 0 Å². The Morgan fingerprint density at radius 3 is 2.53 bits per heavy atom. The van der Waals surface area contributed by atoms with E-state index in [4.69, 9.17) is 21.7 Å². The maximum Gasteiger partial charge on any atom is 0.266 e. The number of ether oxygens (including phenoxy) is 2. The number of hydrogen-bond donors (Lipinski definition) is 0. The van der Waals surface area contributed by atoms with Crippen LogP contribution in [-0.2, 0) is 17.9 Å². The van der Waals surface area contributed by atoms with Crippen LogP contribution in [0.2, 0.25) is 0 Å². The van der Waals surface area contributed by atoms with Crippen LogP contribution in [0.25, 0.3) is 6.08 Å². The summed E-state index contributed by atoms with van der Waals surface area (Å²) in [4.78, 5) is 15.2. The Kier molecular flexibility index (Phi) is 7.65. The van der Waals surface area contributed by atoms with Crippen molar-refractivity contribution in [2.75, 3.05) is 6.61 Å². The summed E-state index contributed by atoms with van der Waals surface area (Å²) in [5.74, 6) is 0.607. The van der Waals surface area contributed by atoms with E-state index in [1.165, 1.54) is 23.4 Å². The Bertz CT molecular complexity index is 1240. The zero-order valence-corrected chi connectivity index (χ0v) is 20.5. The molecule has 0 aromatic heterocycles. The van der Waals surface area contributed by atoms with Gasteiger partial charge in [0, 0.05) is 5.56 Å². The maximum absolute atomic E-state index is 13.9. The van der Waals surface area contributed by atoms with E-state index in [0.29, 0.717) is 39.4 Å². The van der Waals surface area contributed by atoms with Crippen LogP contribution in [0.1, 0.15) is 29.2 Å². The molecule has 4 nitrogen and oxygen atoms in total. The number of hydrogen-bond acceptors (Lipinski definition) is 5. The molecule has 3 aromatic carbocycles. The van der Waals surface area contributed by atoms with E-state index >= 15 is 0 Å². The summed E-state index contributed by atoms with van der Waals surface area (Å²) in [5, 5.41) is 0. The molecule has 1 fully saturated rings. The van der Waals surface area contributed by atoms with Crippen molar-refractivity contribution >= 4 is 40.3 Å². The SMILES string of the molecule is CCOc1cc(/C=C2\SC(=S)N(Cc3ccc(C)cc3)C2=O)ccc1OCc1ccccc1F. The molecule has 0 aliphatic carbocycles. The molecule has 0 atom stereocenters. The highest BCUT2D eigenvalue weighted by Gasteiger charge is 2.32.